The van der Waals surface area contributed by atoms with Gasteiger partial charge in [-0.2, -0.15) is 0 Å². The Morgan fingerprint density at radius 2 is 1.77 bits per heavy atom. The van der Waals surface area contributed by atoms with Crippen LogP contribution in [0.15, 0.2) is 12.2 Å². The highest BCUT2D eigenvalue weighted by molar-refractivity contribution is 6.02. The van der Waals surface area contributed by atoms with Gasteiger partial charge in [0.1, 0.15) is 0 Å². The summed E-state index contributed by atoms with van der Waals surface area (Å²) in [4.78, 5) is 22.7. The third-order valence-electron chi connectivity index (χ3n) is 2.21. The lowest BCUT2D eigenvalue weighted by molar-refractivity contribution is -0.165. The zero-order chi connectivity index (χ0) is 9.90. The highest BCUT2D eigenvalue weighted by atomic mass is 16.5. The summed E-state index contributed by atoms with van der Waals surface area (Å²) in [5.74, 6) is -1.10. The molecular formula is C9H12O4. The van der Waals surface area contributed by atoms with Crippen LogP contribution >= 0.6 is 0 Å². The minimum Gasteiger partial charge on any atom is -0.468 e. The van der Waals surface area contributed by atoms with Crippen LogP contribution in [0.4, 0.5) is 0 Å². The molecule has 0 saturated carbocycles. The van der Waals surface area contributed by atoms with Crippen molar-refractivity contribution in [3.05, 3.63) is 12.2 Å². The standard InChI is InChI=1S/C9H12O4/c1-12-7(10)9(8(11)13-2)5-3-4-6-9/h3,5H,4,6H2,1-2H3. The number of hydrogen-bond acceptors (Lipinski definition) is 4. The zero-order valence-electron chi connectivity index (χ0n) is 7.70. The van der Waals surface area contributed by atoms with Crippen LogP contribution < -0.4 is 0 Å². The van der Waals surface area contributed by atoms with Gasteiger partial charge >= 0.3 is 11.9 Å². The fourth-order valence-corrected chi connectivity index (χ4v) is 1.47. The molecule has 0 N–H and O–H groups in total. The predicted molar refractivity (Wildman–Crippen MR) is 44.8 cm³/mol. The van der Waals surface area contributed by atoms with Crippen LogP contribution in [0, 0.1) is 5.41 Å². The molecule has 1 rings (SSSR count). The number of allylic oxidation sites excluding steroid dienone is 1. The van der Waals surface area contributed by atoms with Gasteiger partial charge in [0, 0.05) is 0 Å². The molecule has 0 spiro atoms. The average molecular weight is 184 g/mol. The van der Waals surface area contributed by atoms with Crippen molar-refractivity contribution < 1.29 is 19.1 Å². The highest BCUT2D eigenvalue weighted by Crippen LogP contribution is 2.34. The Morgan fingerprint density at radius 1 is 1.23 bits per heavy atom. The lowest BCUT2D eigenvalue weighted by Crippen LogP contribution is -2.37. The maximum Gasteiger partial charge on any atom is 0.327 e. The smallest absolute Gasteiger partial charge is 0.327 e. The topological polar surface area (TPSA) is 52.6 Å². The summed E-state index contributed by atoms with van der Waals surface area (Å²) >= 11 is 0. The first kappa shape index (κ1) is 9.77. The molecule has 13 heavy (non-hydrogen) atoms. The molecular weight excluding hydrogens is 172 g/mol. The quantitative estimate of drug-likeness (QED) is 0.359. The first-order valence-corrected chi connectivity index (χ1v) is 4.02. The number of methoxy groups -OCH3 is 2. The molecule has 0 bridgehead atoms. The number of rotatable bonds is 2. The Hall–Kier alpha value is -1.32. The van der Waals surface area contributed by atoms with Crippen LogP contribution in [0.25, 0.3) is 0 Å². The van der Waals surface area contributed by atoms with Crippen molar-refractivity contribution in [2.75, 3.05) is 14.2 Å². The van der Waals surface area contributed by atoms with Crippen molar-refractivity contribution in [3.8, 4) is 0 Å². The average Bonchev–Trinajstić information content (AvgIpc) is 2.65. The summed E-state index contributed by atoms with van der Waals surface area (Å²) in [5, 5.41) is 0. The van der Waals surface area contributed by atoms with Gasteiger partial charge in [-0.15, -0.1) is 0 Å². The SMILES string of the molecule is COC(=O)C1(C(=O)OC)C=CCC1. The van der Waals surface area contributed by atoms with Gasteiger partial charge in [0.25, 0.3) is 0 Å². The molecule has 0 aromatic heterocycles. The molecule has 0 atom stereocenters. The molecule has 1 aliphatic rings. The van der Waals surface area contributed by atoms with Crippen molar-refractivity contribution >= 4 is 11.9 Å². The van der Waals surface area contributed by atoms with Crippen LogP contribution in [0.2, 0.25) is 0 Å². The molecule has 72 valence electrons. The second kappa shape index (κ2) is 3.60. The second-order valence-corrected chi connectivity index (χ2v) is 2.90. The third-order valence-corrected chi connectivity index (χ3v) is 2.21. The van der Waals surface area contributed by atoms with Crippen molar-refractivity contribution in [2.45, 2.75) is 12.8 Å². The van der Waals surface area contributed by atoms with E-state index in [-0.39, 0.29) is 0 Å². The lowest BCUT2D eigenvalue weighted by atomic mass is 9.88. The van der Waals surface area contributed by atoms with Gasteiger partial charge in [0.15, 0.2) is 5.41 Å². The second-order valence-electron chi connectivity index (χ2n) is 2.90. The number of hydrogen-bond donors (Lipinski definition) is 0. The van der Waals surface area contributed by atoms with E-state index < -0.39 is 17.4 Å². The largest absolute Gasteiger partial charge is 0.468 e. The molecule has 1 aliphatic carbocycles. The molecule has 0 radical (unpaired) electrons. The Kier molecular flexibility index (Phi) is 2.70. The molecule has 0 saturated heterocycles. The van der Waals surface area contributed by atoms with E-state index in [1.807, 2.05) is 0 Å². The van der Waals surface area contributed by atoms with Crippen LogP contribution in [-0.4, -0.2) is 26.2 Å². The maximum absolute atomic E-state index is 11.4. The van der Waals surface area contributed by atoms with E-state index in [9.17, 15) is 9.59 Å². The molecule has 0 fully saturated rings. The predicted octanol–water partition coefficient (Wildman–Crippen LogP) is 0.669. The first-order chi connectivity index (χ1) is 6.17. The molecule has 4 nitrogen and oxygen atoms in total. The molecule has 0 aliphatic heterocycles. The van der Waals surface area contributed by atoms with E-state index in [1.54, 1.807) is 12.2 Å². The number of carbonyl (C=O) groups excluding carboxylic acids is 2. The van der Waals surface area contributed by atoms with E-state index in [2.05, 4.69) is 9.47 Å². The van der Waals surface area contributed by atoms with Crippen molar-refractivity contribution in [1.82, 2.24) is 0 Å². The summed E-state index contributed by atoms with van der Waals surface area (Å²) in [6.07, 6.45) is 4.48. The lowest BCUT2D eigenvalue weighted by Gasteiger charge is -2.20. The van der Waals surface area contributed by atoms with E-state index in [4.69, 9.17) is 0 Å². The highest BCUT2D eigenvalue weighted by Gasteiger charge is 2.47. The van der Waals surface area contributed by atoms with Crippen LogP contribution in [0.3, 0.4) is 0 Å². The van der Waals surface area contributed by atoms with Crippen molar-refractivity contribution in [2.24, 2.45) is 5.41 Å². The van der Waals surface area contributed by atoms with E-state index >= 15 is 0 Å². The van der Waals surface area contributed by atoms with Gasteiger partial charge in [-0.25, -0.2) is 0 Å². The van der Waals surface area contributed by atoms with Gasteiger partial charge in [-0.1, -0.05) is 12.2 Å². The molecule has 4 heteroatoms. The minimum absolute atomic E-state index is 0.437. The van der Waals surface area contributed by atoms with E-state index in [1.165, 1.54) is 14.2 Å². The van der Waals surface area contributed by atoms with Crippen molar-refractivity contribution in [1.29, 1.82) is 0 Å². The molecule has 0 aromatic rings. The normalized spacial score (nSPS) is 18.3. The third kappa shape index (κ3) is 1.43. The van der Waals surface area contributed by atoms with Gasteiger partial charge in [0.05, 0.1) is 14.2 Å². The summed E-state index contributed by atoms with van der Waals surface area (Å²) < 4.78 is 9.14. The van der Waals surface area contributed by atoms with Crippen LogP contribution in [0.1, 0.15) is 12.8 Å². The van der Waals surface area contributed by atoms with Crippen molar-refractivity contribution in [3.63, 3.8) is 0 Å². The molecule has 0 unspecified atom stereocenters. The molecule has 0 aromatic carbocycles. The van der Waals surface area contributed by atoms with Gasteiger partial charge in [-0.3, -0.25) is 9.59 Å². The molecule has 0 heterocycles. The number of esters is 2. The number of ether oxygens (including phenoxy) is 2. The fourth-order valence-electron chi connectivity index (χ4n) is 1.47. The first-order valence-electron chi connectivity index (χ1n) is 4.02. The van der Waals surface area contributed by atoms with Gasteiger partial charge < -0.3 is 9.47 Å². The van der Waals surface area contributed by atoms with E-state index in [0.29, 0.717) is 12.8 Å². The van der Waals surface area contributed by atoms with Crippen LogP contribution in [0.5, 0.6) is 0 Å². The summed E-state index contributed by atoms with van der Waals surface area (Å²) in [7, 11) is 2.53. The Bertz CT molecular complexity index is 238. The summed E-state index contributed by atoms with van der Waals surface area (Å²) in [6.45, 7) is 0. The fraction of sp³-hybridized carbons (Fsp3) is 0.556. The van der Waals surface area contributed by atoms with Gasteiger partial charge in [-0.05, 0) is 12.8 Å². The Labute approximate surface area is 76.5 Å². The zero-order valence-corrected chi connectivity index (χ0v) is 7.70. The summed E-state index contributed by atoms with van der Waals surface area (Å²) in [5.41, 5.74) is -1.19. The maximum atomic E-state index is 11.4. The van der Waals surface area contributed by atoms with Gasteiger partial charge in [0.2, 0.25) is 0 Å². The number of carbonyl (C=O) groups is 2. The molecule has 0 amide bonds. The van der Waals surface area contributed by atoms with E-state index in [0.717, 1.165) is 0 Å². The Morgan fingerprint density at radius 3 is 2.08 bits per heavy atom. The Balaban J connectivity index is 2.94. The minimum atomic E-state index is -1.19. The summed E-state index contributed by atoms with van der Waals surface area (Å²) in [6, 6.07) is 0. The van der Waals surface area contributed by atoms with Crippen LogP contribution in [-0.2, 0) is 19.1 Å². The monoisotopic (exact) mass is 184 g/mol.